The Kier molecular flexibility index (Phi) is 5.40. The molecule has 0 saturated heterocycles. The third kappa shape index (κ3) is 4.10. The number of hydrogen-bond donors (Lipinski definition) is 0. The fourth-order valence-corrected chi connectivity index (χ4v) is 3.93. The number of hydrogen-bond acceptors (Lipinski definition) is 5. The summed E-state index contributed by atoms with van der Waals surface area (Å²) in [4.78, 5) is 31.0. The van der Waals surface area contributed by atoms with Crippen molar-refractivity contribution in [3.63, 3.8) is 0 Å². The van der Waals surface area contributed by atoms with E-state index in [2.05, 4.69) is 10.1 Å². The smallest absolute Gasteiger partial charge is 0.332 e. The quantitative estimate of drug-likeness (QED) is 0.392. The highest BCUT2D eigenvalue weighted by Crippen LogP contribution is 2.20. The number of nitrogens with zero attached hydrogens (tertiary/aromatic N) is 4. The lowest BCUT2D eigenvalue weighted by atomic mass is 10.1. The summed E-state index contributed by atoms with van der Waals surface area (Å²) >= 11 is 6.06. The Morgan fingerprint density at radius 3 is 2.48 bits per heavy atom. The number of aromatic nitrogens is 4. The maximum atomic E-state index is 13.4. The molecule has 8 heteroatoms. The van der Waals surface area contributed by atoms with Gasteiger partial charge in [0.15, 0.2) is 0 Å². The lowest BCUT2D eigenvalue weighted by Crippen LogP contribution is -2.40. The lowest BCUT2D eigenvalue weighted by molar-refractivity contribution is 0.369. The van der Waals surface area contributed by atoms with Crippen molar-refractivity contribution in [3.8, 4) is 11.4 Å². The molecule has 0 atom stereocenters. The number of fused-ring (bicyclic) bond motifs is 1. The van der Waals surface area contributed by atoms with E-state index in [1.807, 2.05) is 37.3 Å². The van der Waals surface area contributed by atoms with Gasteiger partial charge in [-0.3, -0.25) is 13.9 Å². The molecule has 2 aromatic heterocycles. The number of benzene rings is 3. The summed E-state index contributed by atoms with van der Waals surface area (Å²) in [7, 11) is 0. The first-order chi connectivity index (χ1) is 16.0. The molecule has 33 heavy (non-hydrogen) atoms. The first kappa shape index (κ1) is 20.9. The molecule has 7 nitrogen and oxygen atoms in total. The normalized spacial score (nSPS) is 11.2. The molecule has 5 aromatic rings. The van der Waals surface area contributed by atoms with Crippen LogP contribution in [0.1, 0.15) is 17.0 Å². The van der Waals surface area contributed by atoms with Crippen LogP contribution in [-0.4, -0.2) is 19.3 Å². The SMILES string of the molecule is Cc1ccc(Cn2c(=O)c3ccccc3n(Cc3nc(-c4cccc(Cl)c4)no3)c2=O)cc1. The molecular formula is C25H19ClN4O3. The van der Waals surface area contributed by atoms with Crippen molar-refractivity contribution in [3.05, 3.63) is 116 Å². The average Bonchev–Trinajstić information content (AvgIpc) is 3.29. The lowest BCUT2D eigenvalue weighted by Gasteiger charge is -2.13. The highest BCUT2D eigenvalue weighted by atomic mass is 35.5. The van der Waals surface area contributed by atoms with Gasteiger partial charge in [0, 0.05) is 10.6 Å². The van der Waals surface area contributed by atoms with Crippen LogP contribution in [0.4, 0.5) is 0 Å². The van der Waals surface area contributed by atoms with Crippen molar-refractivity contribution in [1.29, 1.82) is 0 Å². The molecule has 0 N–H and O–H groups in total. The monoisotopic (exact) mass is 458 g/mol. The van der Waals surface area contributed by atoms with Gasteiger partial charge in [0.05, 0.1) is 17.4 Å². The fourth-order valence-electron chi connectivity index (χ4n) is 3.74. The van der Waals surface area contributed by atoms with E-state index in [1.165, 1.54) is 9.13 Å². The molecule has 2 heterocycles. The van der Waals surface area contributed by atoms with E-state index in [9.17, 15) is 9.59 Å². The number of para-hydroxylation sites is 1. The third-order valence-corrected chi connectivity index (χ3v) is 5.67. The van der Waals surface area contributed by atoms with Gasteiger partial charge in [0.2, 0.25) is 11.7 Å². The van der Waals surface area contributed by atoms with Crippen molar-refractivity contribution in [2.75, 3.05) is 0 Å². The van der Waals surface area contributed by atoms with Gasteiger partial charge < -0.3 is 4.52 Å². The molecule has 164 valence electrons. The molecule has 5 rings (SSSR count). The average molecular weight is 459 g/mol. The predicted molar refractivity (Wildman–Crippen MR) is 127 cm³/mol. The Labute approximate surface area is 193 Å². The van der Waals surface area contributed by atoms with Crippen LogP contribution in [0.3, 0.4) is 0 Å². The second-order valence-electron chi connectivity index (χ2n) is 7.78. The Morgan fingerprint density at radius 2 is 1.70 bits per heavy atom. The summed E-state index contributed by atoms with van der Waals surface area (Å²) in [5, 5.41) is 5.02. The van der Waals surface area contributed by atoms with Crippen LogP contribution >= 0.6 is 11.6 Å². The molecular weight excluding hydrogens is 440 g/mol. The fraction of sp³-hybridized carbons (Fsp3) is 0.120. The van der Waals surface area contributed by atoms with Crippen molar-refractivity contribution >= 4 is 22.5 Å². The minimum Gasteiger partial charge on any atom is -0.337 e. The van der Waals surface area contributed by atoms with Crippen LogP contribution in [0, 0.1) is 6.92 Å². The van der Waals surface area contributed by atoms with Gasteiger partial charge in [-0.2, -0.15) is 4.98 Å². The van der Waals surface area contributed by atoms with Crippen LogP contribution in [0.15, 0.2) is 86.9 Å². The zero-order chi connectivity index (χ0) is 22.9. The van der Waals surface area contributed by atoms with Gasteiger partial charge in [-0.15, -0.1) is 0 Å². The summed E-state index contributed by atoms with van der Waals surface area (Å²) in [5.41, 5.74) is 2.41. The first-order valence-corrected chi connectivity index (χ1v) is 10.7. The van der Waals surface area contributed by atoms with Gasteiger partial charge in [-0.1, -0.05) is 70.9 Å². The van der Waals surface area contributed by atoms with E-state index in [4.69, 9.17) is 16.1 Å². The second kappa shape index (κ2) is 8.52. The Morgan fingerprint density at radius 1 is 0.909 bits per heavy atom. The molecule has 0 aliphatic heterocycles. The summed E-state index contributed by atoms with van der Waals surface area (Å²) in [6.07, 6.45) is 0. The molecule has 0 aliphatic rings. The summed E-state index contributed by atoms with van der Waals surface area (Å²) in [6, 6.07) is 21.9. The maximum absolute atomic E-state index is 13.4. The first-order valence-electron chi connectivity index (χ1n) is 10.4. The van der Waals surface area contributed by atoms with Crippen LogP contribution in [0.25, 0.3) is 22.3 Å². The molecule has 0 fully saturated rings. The van der Waals surface area contributed by atoms with Gasteiger partial charge in [-0.25, -0.2) is 4.79 Å². The van der Waals surface area contributed by atoms with E-state index < -0.39 is 5.69 Å². The predicted octanol–water partition coefficient (Wildman–Crippen LogP) is 4.27. The van der Waals surface area contributed by atoms with Gasteiger partial charge in [-0.05, 0) is 36.8 Å². The minimum atomic E-state index is -0.443. The maximum Gasteiger partial charge on any atom is 0.332 e. The standard InChI is InChI=1S/C25H19ClN4O3/c1-16-9-11-17(12-10-16)14-30-24(31)20-7-2-3-8-21(20)29(25(30)32)15-22-27-23(28-33-22)18-5-4-6-19(26)13-18/h2-13H,14-15H2,1H3. The van der Waals surface area contributed by atoms with Crippen LogP contribution in [0.5, 0.6) is 0 Å². The summed E-state index contributed by atoms with van der Waals surface area (Å²) in [5.74, 6) is 0.621. The molecule has 0 saturated carbocycles. The van der Waals surface area contributed by atoms with E-state index in [-0.39, 0.29) is 24.5 Å². The topological polar surface area (TPSA) is 82.9 Å². The Balaban J connectivity index is 1.59. The second-order valence-corrected chi connectivity index (χ2v) is 8.22. The van der Waals surface area contributed by atoms with E-state index >= 15 is 0 Å². The third-order valence-electron chi connectivity index (χ3n) is 5.44. The minimum absolute atomic E-state index is 0.0289. The van der Waals surface area contributed by atoms with Crippen molar-refractivity contribution < 1.29 is 4.52 Å². The summed E-state index contributed by atoms with van der Waals surface area (Å²) in [6.45, 7) is 2.18. The number of rotatable bonds is 5. The number of halogens is 1. The number of aryl methyl sites for hydroxylation is 1. The zero-order valence-electron chi connectivity index (χ0n) is 17.7. The molecule has 3 aromatic carbocycles. The molecule has 0 spiro atoms. The largest absolute Gasteiger partial charge is 0.337 e. The molecule has 0 unspecified atom stereocenters. The van der Waals surface area contributed by atoms with Crippen molar-refractivity contribution in [2.45, 2.75) is 20.0 Å². The Hall–Kier alpha value is -3.97. The van der Waals surface area contributed by atoms with E-state index in [0.717, 1.165) is 11.1 Å². The van der Waals surface area contributed by atoms with Crippen LogP contribution in [0.2, 0.25) is 5.02 Å². The van der Waals surface area contributed by atoms with Gasteiger partial charge >= 0.3 is 5.69 Å². The van der Waals surface area contributed by atoms with Crippen LogP contribution < -0.4 is 11.2 Å². The van der Waals surface area contributed by atoms with Crippen molar-refractivity contribution in [2.24, 2.45) is 0 Å². The van der Waals surface area contributed by atoms with Crippen molar-refractivity contribution in [1.82, 2.24) is 19.3 Å². The highest BCUT2D eigenvalue weighted by molar-refractivity contribution is 6.30. The highest BCUT2D eigenvalue weighted by Gasteiger charge is 2.17. The van der Waals surface area contributed by atoms with E-state index in [0.29, 0.717) is 27.3 Å². The molecule has 0 aliphatic carbocycles. The Bertz CT molecular complexity index is 1580. The summed E-state index contributed by atoms with van der Waals surface area (Å²) < 4.78 is 8.14. The van der Waals surface area contributed by atoms with E-state index in [1.54, 1.807) is 42.5 Å². The zero-order valence-corrected chi connectivity index (χ0v) is 18.5. The van der Waals surface area contributed by atoms with Gasteiger partial charge in [0.25, 0.3) is 5.56 Å². The molecule has 0 bridgehead atoms. The van der Waals surface area contributed by atoms with Crippen LogP contribution in [-0.2, 0) is 13.1 Å². The molecule has 0 amide bonds. The van der Waals surface area contributed by atoms with Gasteiger partial charge in [0.1, 0.15) is 6.54 Å². The molecule has 0 radical (unpaired) electrons.